The van der Waals surface area contributed by atoms with Crippen molar-refractivity contribution in [1.29, 1.82) is 0 Å². The maximum absolute atomic E-state index is 13.6. The van der Waals surface area contributed by atoms with Crippen molar-refractivity contribution in [3.8, 4) is 0 Å². The van der Waals surface area contributed by atoms with Gasteiger partial charge >= 0.3 is 0 Å². The van der Waals surface area contributed by atoms with E-state index in [1.54, 1.807) is 18.2 Å². The minimum atomic E-state index is -1.32. The van der Waals surface area contributed by atoms with Crippen molar-refractivity contribution in [1.82, 2.24) is 0 Å². The van der Waals surface area contributed by atoms with Crippen LogP contribution in [0.4, 0.5) is 13.2 Å². The molecule has 0 aliphatic rings. The van der Waals surface area contributed by atoms with Crippen LogP contribution in [0.15, 0.2) is 36.4 Å². The Balaban J connectivity index is 2.43. The normalized spacial score (nSPS) is 12.5. The molecule has 0 heterocycles. The van der Waals surface area contributed by atoms with Crippen molar-refractivity contribution in [3.63, 3.8) is 0 Å². The van der Waals surface area contributed by atoms with E-state index < -0.39 is 23.6 Å². The van der Waals surface area contributed by atoms with Gasteiger partial charge in [-0.2, -0.15) is 0 Å². The molecule has 1 nitrogen and oxygen atoms in total. The Morgan fingerprint density at radius 3 is 2.37 bits per heavy atom. The number of aliphatic hydroxyl groups is 1. The summed E-state index contributed by atoms with van der Waals surface area (Å²) >= 11 is 0. The molecule has 2 rings (SSSR count). The standard InChI is InChI=1S/C15H13F3O/c1-2-9-4-3-5-10(6-9)15(19)11-7-13(17)14(18)8-12(11)16/h3-8,15,19H,2H2,1H3. The molecule has 0 radical (unpaired) electrons. The number of aryl methyl sites for hydroxylation is 1. The summed E-state index contributed by atoms with van der Waals surface area (Å²) in [4.78, 5) is 0. The van der Waals surface area contributed by atoms with Gasteiger partial charge in [0.2, 0.25) is 0 Å². The van der Waals surface area contributed by atoms with Crippen LogP contribution >= 0.6 is 0 Å². The number of hydrogen-bond donors (Lipinski definition) is 1. The van der Waals surface area contributed by atoms with Gasteiger partial charge in [0.15, 0.2) is 11.6 Å². The fourth-order valence-electron chi connectivity index (χ4n) is 1.91. The molecule has 0 spiro atoms. The number of aliphatic hydroxyl groups excluding tert-OH is 1. The third-order valence-corrected chi connectivity index (χ3v) is 3.01. The maximum Gasteiger partial charge on any atom is 0.161 e. The van der Waals surface area contributed by atoms with Gasteiger partial charge in [0.25, 0.3) is 0 Å². The van der Waals surface area contributed by atoms with Crippen molar-refractivity contribution in [2.45, 2.75) is 19.4 Å². The van der Waals surface area contributed by atoms with Gasteiger partial charge in [-0.3, -0.25) is 0 Å². The highest BCUT2D eigenvalue weighted by molar-refractivity contribution is 5.34. The third kappa shape index (κ3) is 2.79. The van der Waals surface area contributed by atoms with Gasteiger partial charge in [-0.05, 0) is 23.6 Å². The summed E-state index contributed by atoms with van der Waals surface area (Å²) in [6.07, 6.45) is -0.553. The molecule has 0 saturated heterocycles. The minimum Gasteiger partial charge on any atom is -0.384 e. The molecule has 2 aromatic rings. The van der Waals surface area contributed by atoms with Gasteiger partial charge < -0.3 is 5.11 Å². The maximum atomic E-state index is 13.6. The molecule has 0 amide bonds. The van der Waals surface area contributed by atoms with Gasteiger partial charge in [0, 0.05) is 11.6 Å². The molecule has 0 aliphatic heterocycles. The quantitative estimate of drug-likeness (QED) is 0.839. The first-order valence-electron chi connectivity index (χ1n) is 5.94. The molecule has 2 aromatic carbocycles. The fourth-order valence-corrected chi connectivity index (χ4v) is 1.91. The Bertz CT molecular complexity index is 596. The van der Waals surface area contributed by atoms with Crippen LogP contribution in [0.2, 0.25) is 0 Å². The predicted octanol–water partition coefficient (Wildman–Crippen LogP) is 3.75. The molecule has 19 heavy (non-hydrogen) atoms. The zero-order valence-corrected chi connectivity index (χ0v) is 10.3. The van der Waals surface area contributed by atoms with Crippen LogP contribution in [0.1, 0.15) is 29.7 Å². The lowest BCUT2D eigenvalue weighted by molar-refractivity contribution is 0.213. The van der Waals surface area contributed by atoms with Crippen molar-refractivity contribution in [2.75, 3.05) is 0 Å². The predicted molar refractivity (Wildman–Crippen MR) is 66.2 cm³/mol. The van der Waals surface area contributed by atoms with E-state index in [0.29, 0.717) is 17.7 Å². The van der Waals surface area contributed by atoms with Crippen LogP contribution < -0.4 is 0 Å². The second kappa shape index (κ2) is 5.45. The van der Waals surface area contributed by atoms with Crippen LogP contribution in [0.5, 0.6) is 0 Å². The zero-order valence-electron chi connectivity index (χ0n) is 10.3. The summed E-state index contributed by atoms with van der Waals surface area (Å²) in [5.41, 5.74) is 1.15. The molecule has 4 heteroatoms. The van der Waals surface area contributed by atoms with Gasteiger partial charge in [-0.15, -0.1) is 0 Å². The average Bonchev–Trinajstić information content (AvgIpc) is 2.42. The molecule has 1 unspecified atom stereocenters. The largest absolute Gasteiger partial charge is 0.384 e. The average molecular weight is 266 g/mol. The first-order chi connectivity index (χ1) is 9.02. The molecular formula is C15H13F3O. The first-order valence-corrected chi connectivity index (χ1v) is 5.94. The molecule has 100 valence electrons. The second-order valence-corrected chi connectivity index (χ2v) is 4.29. The Morgan fingerprint density at radius 1 is 1.00 bits per heavy atom. The van der Waals surface area contributed by atoms with Crippen molar-refractivity contribution in [3.05, 3.63) is 70.5 Å². The molecule has 0 saturated carbocycles. The summed E-state index contributed by atoms with van der Waals surface area (Å²) in [5, 5.41) is 10.1. The van der Waals surface area contributed by atoms with Gasteiger partial charge in [0.1, 0.15) is 11.9 Å². The highest BCUT2D eigenvalue weighted by Gasteiger charge is 2.18. The van der Waals surface area contributed by atoms with Crippen LogP contribution in [-0.2, 0) is 6.42 Å². The smallest absolute Gasteiger partial charge is 0.161 e. The Hall–Kier alpha value is -1.81. The lowest BCUT2D eigenvalue weighted by Gasteiger charge is -2.13. The first kappa shape index (κ1) is 13.6. The summed E-state index contributed by atoms with van der Waals surface area (Å²) in [7, 11) is 0. The van der Waals surface area contributed by atoms with Gasteiger partial charge in [-0.1, -0.05) is 31.2 Å². The fraction of sp³-hybridized carbons (Fsp3) is 0.200. The number of rotatable bonds is 3. The summed E-state index contributed by atoms with van der Waals surface area (Å²) in [5.74, 6) is -3.41. The van der Waals surface area contributed by atoms with Gasteiger partial charge in [-0.25, -0.2) is 13.2 Å². The second-order valence-electron chi connectivity index (χ2n) is 4.29. The van der Waals surface area contributed by atoms with Crippen LogP contribution in [0, 0.1) is 17.5 Å². The van der Waals surface area contributed by atoms with E-state index in [4.69, 9.17) is 0 Å². The Labute approximate surface area is 109 Å². The Kier molecular flexibility index (Phi) is 3.90. The number of hydrogen-bond acceptors (Lipinski definition) is 1. The highest BCUT2D eigenvalue weighted by atomic mass is 19.2. The summed E-state index contributed by atoms with van der Waals surface area (Å²) in [6.45, 7) is 1.95. The molecule has 0 fully saturated rings. The van der Waals surface area contributed by atoms with E-state index >= 15 is 0 Å². The topological polar surface area (TPSA) is 20.2 Å². The van der Waals surface area contributed by atoms with Crippen molar-refractivity contribution < 1.29 is 18.3 Å². The third-order valence-electron chi connectivity index (χ3n) is 3.01. The van der Waals surface area contributed by atoms with Crippen LogP contribution in [0.25, 0.3) is 0 Å². The minimum absolute atomic E-state index is 0.271. The van der Waals surface area contributed by atoms with Crippen molar-refractivity contribution >= 4 is 0 Å². The molecule has 0 aliphatic carbocycles. The van der Waals surface area contributed by atoms with Crippen LogP contribution in [-0.4, -0.2) is 5.11 Å². The molecule has 1 N–H and O–H groups in total. The molecule has 0 aromatic heterocycles. The lowest BCUT2D eigenvalue weighted by Crippen LogP contribution is -2.05. The van der Waals surface area contributed by atoms with E-state index in [-0.39, 0.29) is 5.56 Å². The summed E-state index contributed by atoms with van der Waals surface area (Å²) < 4.78 is 39.6. The molecule has 1 atom stereocenters. The van der Waals surface area contributed by atoms with E-state index in [1.165, 1.54) is 0 Å². The van der Waals surface area contributed by atoms with E-state index in [2.05, 4.69) is 0 Å². The van der Waals surface area contributed by atoms with Crippen molar-refractivity contribution in [2.24, 2.45) is 0 Å². The van der Waals surface area contributed by atoms with E-state index in [0.717, 1.165) is 12.0 Å². The number of halogens is 3. The van der Waals surface area contributed by atoms with Crippen LogP contribution in [0.3, 0.4) is 0 Å². The number of benzene rings is 2. The van der Waals surface area contributed by atoms with E-state index in [9.17, 15) is 18.3 Å². The molecular weight excluding hydrogens is 253 g/mol. The lowest BCUT2D eigenvalue weighted by atomic mass is 9.98. The van der Waals surface area contributed by atoms with E-state index in [1.807, 2.05) is 13.0 Å². The SMILES string of the molecule is CCc1cccc(C(O)c2cc(F)c(F)cc2F)c1. The monoisotopic (exact) mass is 266 g/mol. The molecule has 0 bridgehead atoms. The van der Waals surface area contributed by atoms with Gasteiger partial charge in [0.05, 0.1) is 0 Å². The highest BCUT2D eigenvalue weighted by Crippen LogP contribution is 2.26. The zero-order chi connectivity index (χ0) is 14.0. The Morgan fingerprint density at radius 2 is 1.68 bits per heavy atom. The summed E-state index contributed by atoms with van der Waals surface area (Å²) in [6, 6.07) is 8.06.